The zero-order valence-corrected chi connectivity index (χ0v) is 15.8. The number of anilines is 2. The molecule has 27 heavy (non-hydrogen) atoms. The fourth-order valence-corrected chi connectivity index (χ4v) is 3.46. The van der Waals surface area contributed by atoms with Gasteiger partial charge in [0.2, 0.25) is 11.8 Å². The molecule has 5 nitrogen and oxygen atoms in total. The van der Waals surface area contributed by atoms with Gasteiger partial charge in [0.05, 0.1) is 11.9 Å². The number of aryl methyl sites for hydroxylation is 2. The summed E-state index contributed by atoms with van der Waals surface area (Å²) in [6, 6.07) is 11.8. The van der Waals surface area contributed by atoms with Crippen LogP contribution in [0.3, 0.4) is 0 Å². The van der Waals surface area contributed by atoms with Crippen LogP contribution in [0.2, 0.25) is 0 Å². The number of rotatable bonds is 6. The van der Waals surface area contributed by atoms with Crippen molar-refractivity contribution in [3.8, 4) is 0 Å². The van der Waals surface area contributed by atoms with Gasteiger partial charge in [-0.25, -0.2) is 4.98 Å². The summed E-state index contributed by atoms with van der Waals surface area (Å²) in [5, 5.41) is 5.83. The molecule has 1 fully saturated rings. The van der Waals surface area contributed by atoms with Crippen molar-refractivity contribution in [1.82, 2.24) is 4.98 Å². The SMILES string of the molecule is Cc1cc(NC(=O)C2CCCCC2)ncc1NC(=O)CCc1ccccc1. The van der Waals surface area contributed by atoms with Crippen molar-refractivity contribution in [2.24, 2.45) is 5.92 Å². The van der Waals surface area contributed by atoms with Gasteiger partial charge in [-0.2, -0.15) is 0 Å². The number of aromatic nitrogens is 1. The van der Waals surface area contributed by atoms with Gasteiger partial charge in [0, 0.05) is 12.3 Å². The van der Waals surface area contributed by atoms with Gasteiger partial charge in [-0.05, 0) is 43.4 Å². The smallest absolute Gasteiger partial charge is 0.228 e. The lowest BCUT2D eigenvalue weighted by Crippen LogP contribution is -2.25. The normalized spacial score (nSPS) is 14.6. The highest BCUT2D eigenvalue weighted by molar-refractivity contribution is 5.93. The highest BCUT2D eigenvalue weighted by Crippen LogP contribution is 2.25. The fourth-order valence-electron chi connectivity index (χ4n) is 3.46. The summed E-state index contributed by atoms with van der Waals surface area (Å²) < 4.78 is 0. The van der Waals surface area contributed by atoms with Gasteiger partial charge in [0.15, 0.2) is 0 Å². The third kappa shape index (κ3) is 5.64. The summed E-state index contributed by atoms with van der Waals surface area (Å²) in [5.74, 6) is 0.660. The van der Waals surface area contributed by atoms with Gasteiger partial charge >= 0.3 is 0 Å². The van der Waals surface area contributed by atoms with Crippen LogP contribution in [0.25, 0.3) is 0 Å². The van der Waals surface area contributed by atoms with Crippen molar-refractivity contribution >= 4 is 23.3 Å². The monoisotopic (exact) mass is 365 g/mol. The maximum Gasteiger partial charge on any atom is 0.228 e. The molecule has 1 aliphatic rings. The Morgan fingerprint density at radius 2 is 1.81 bits per heavy atom. The Labute approximate surface area is 160 Å². The Bertz CT molecular complexity index is 783. The highest BCUT2D eigenvalue weighted by atomic mass is 16.2. The number of pyridine rings is 1. The van der Waals surface area contributed by atoms with Gasteiger partial charge in [-0.1, -0.05) is 49.6 Å². The predicted molar refractivity (Wildman–Crippen MR) is 108 cm³/mol. The summed E-state index contributed by atoms with van der Waals surface area (Å²) in [7, 11) is 0. The molecule has 0 spiro atoms. The predicted octanol–water partition coefficient (Wildman–Crippen LogP) is 4.48. The van der Waals surface area contributed by atoms with Crippen LogP contribution in [0.15, 0.2) is 42.6 Å². The van der Waals surface area contributed by atoms with Crippen molar-refractivity contribution in [2.75, 3.05) is 10.6 Å². The van der Waals surface area contributed by atoms with E-state index in [9.17, 15) is 9.59 Å². The number of benzene rings is 1. The van der Waals surface area contributed by atoms with E-state index in [-0.39, 0.29) is 17.7 Å². The van der Waals surface area contributed by atoms with Gasteiger partial charge in [0.1, 0.15) is 5.82 Å². The number of nitrogens with zero attached hydrogens (tertiary/aromatic N) is 1. The molecule has 3 rings (SSSR count). The fraction of sp³-hybridized carbons (Fsp3) is 0.409. The quantitative estimate of drug-likeness (QED) is 0.793. The summed E-state index contributed by atoms with van der Waals surface area (Å²) in [5.41, 5.74) is 2.71. The summed E-state index contributed by atoms with van der Waals surface area (Å²) >= 11 is 0. The van der Waals surface area contributed by atoms with Crippen molar-refractivity contribution in [3.63, 3.8) is 0 Å². The topological polar surface area (TPSA) is 71.1 Å². The number of carbonyl (C=O) groups excluding carboxylic acids is 2. The van der Waals surface area contributed by atoms with Gasteiger partial charge in [-0.3, -0.25) is 9.59 Å². The molecule has 0 unspecified atom stereocenters. The van der Waals surface area contributed by atoms with Crippen molar-refractivity contribution in [3.05, 3.63) is 53.7 Å². The minimum Gasteiger partial charge on any atom is -0.324 e. The third-order valence-electron chi connectivity index (χ3n) is 5.10. The lowest BCUT2D eigenvalue weighted by atomic mass is 9.89. The molecular formula is C22H27N3O2. The van der Waals surface area contributed by atoms with E-state index in [1.807, 2.05) is 43.3 Å². The molecule has 0 bridgehead atoms. The second-order valence-electron chi connectivity index (χ2n) is 7.24. The molecule has 1 saturated carbocycles. The molecule has 1 aliphatic carbocycles. The first-order chi connectivity index (χ1) is 13.1. The zero-order chi connectivity index (χ0) is 19.1. The Kier molecular flexibility index (Phi) is 6.58. The molecular weight excluding hydrogens is 338 g/mol. The molecule has 2 amide bonds. The van der Waals surface area contributed by atoms with Crippen molar-refractivity contribution in [1.29, 1.82) is 0 Å². The summed E-state index contributed by atoms with van der Waals surface area (Å²) in [4.78, 5) is 28.8. The Morgan fingerprint density at radius 3 is 2.52 bits per heavy atom. The summed E-state index contributed by atoms with van der Waals surface area (Å²) in [6.07, 6.45) is 8.13. The number of hydrogen-bond acceptors (Lipinski definition) is 3. The van der Waals surface area contributed by atoms with Crippen molar-refractivity contribution in [2.45, 2.75) is 51.9 Å². The molecule has 2 aromatic rings. The van der Waals surface area contributed by atoms with E-state index in [4.69, 9.17) is 0 Å². The number of hydrogen-bond donors (Lipinski definition) is 2. The first-order valence-corrected chi connectivity index (χ1v) is 9.73. The Hall–Kier alpha value is -2.69. The highest BCUT2D eigenvalue weighted by Gasteiger charge is 2.21. The molecule has 5 heteroatoms. The number of carbonyl (C=O) groups is 2. The van der Waals surface area contributed by atoms with Gasteiger partial charge in [-0.15, -0.1) is 0 Å². The lowest BCUT2D eigenvalue weighted by molar-refractivity contribution is -0.120. The first-order valence-electron chi connectivity index (χ1n) is 9.73. The molecule has 1 aromatic carbocycles. The van der Waals surface area contributed by atoms with Crippen molar-refractivity contribution < 1.29 is 9.59 Å². The van der Waals surface area contributed by atoms with E-state index in [1.54, 1.807) is 6.20 Å². The largest absolute Gasteiger partial charge is 0.324 e. The average Bonchev–Trinajstić information content (AvgIpc) is 2.70. The molecule has 0 aliphatic heterocycles. The van der Waals surface area contributed by atoms with E-state index in [0.29, 0.717) is 24.3 Å². The van der Waals surface area contributed by atoms with Gasteiger partial charge in [0.25, 0.3) is 0 Å². The molecule has 2 N–H and O–H groups in total. The average molecular weight is 365 g/mol. The second kappa shape index (κ2) is 9.31. The Morgan fingerprint density at radius 1 is 1.07 bits per heavy atom. The van der Waals surface area contributed by atoms with E-state index in [2.05, 4.69) is 15.6 Å². The van der Waals surface area contributed by atoms with Crippen LogP contribution >= 0.6 is 0 Å². The first kappa shape index (κ1) is 19.1. The standard InChI is InChI=1S/C22H27N3O2/c1-16-14-20(25-22(27)18-10-6-3-7-11-18)23-15-19(16)24-21(26)13-12-17-8-4-2-5-9-17/h2,4-5,8-9,14-15,18H,3,6-7,10-13H2,1H3,(H,24,26)(H,23,25,27). The van der Waals surface area contributed by atoms with E-state index < -0.39 is 0 Å². The van der Waals surface area contributed by atoms with Crippen LogP contribution in [0, 0.1) is 12.8 Å². The third-order valence-corrected chi connectivity index (χ3v) is 5.10. The maximum absolute atomic E-state index is 12.3. The van der Waals surface area contributed by atoms with E-state index in [1.165, 1.54) is 6.42 Å². The molecule has 1 heterocycles. The summed E-state index contributed by atoms with van der Waals surface area (Å²) in [6.45, 7) is 1.91. The molecule has 1 aromatic heterocycles. The number of nitrogens with one attached hydrogen (secondary N) is 2. The van der Waals surface area contributed by atoms with E-state index >= 15 is 0 Å². The van der Waals surface area contributed by atoms with Crippen LogP contribution < -0.4 is 10.6 Å². The molecule has 0 radical (unpaired) electrons. The van der Waals surface area contributed by atoms with Crippen LogP contribution in [-0.4, -0.2) is 16.8 Å². The van der Waals surface area contributed by atoms with Crippen LogP contribution in [0.4, 0.5) is 11.5 Å². The minimum absolute atomic E-state index is 0.0391. The number of amides is 2. The molecule has 0 atom stereocenters. The van der Waals surface area contributed by atoms with E-state index in [0.717, 1.165) is 36.8 Å². The zero-order valence-electron chi connectivity index (χ0n) is 15.8. The lowest BCUT2D eigenvalue weighted by Gasteiger charge is -2.20. The second-order valence-corrected chi connectivity index (χ2v) is 7.24. The minimum atomic E-state index is -0.0391. The maximum atomic E-state index is 12.3. The van der Waals surface area contributed by atoms with Crippen LogP contribution in [-0.2, 0) is 16.0 Å². The Balaban J connectivity index is 1.52. The molecule has 142 valence electrons. The van der Waals surface area contributed by atoms with Crippen LogP contribution in [0.1, 0.15) is 49.7 Å². The van der Waals surface area contributed by atoms with Gasteiger partial charge < -0.3 is 10.6 Å². The molecule has 0 saturated heterocycles. The van der Waals surface area contributed by atoms with Crippen LogP contribution in [0.5, 0.6) is 0 Å².